The lowest BCUT2D eigenvalue weighted by Crippen LogP contribution is -2.19. The van der Waals surface area contributed by atoms with Crippen LogP contribution in [0.25, 0.3) is 0 Å². The van der Waals surface area contributed by atoms with E-state index >= 15 is 0 Å². The van der Waals surface area contributed by atoms with Crippen molar-refractivity contribution in [3.63, 3.8) is 0 Å². The molecule has 0 aromatic heterocycles. The van der Waals surface area contributed by atoms with Gasteiger partial charge in [0.1, 0.15) is 11.5 Å². The van der Waals surface area contributed by atoms with Crippen molar-refractivity contribution >= 4 is 23.2 Å². The number of ether oxygens (including phenoxy) is 1. The van der Waals surface area contributed by atoms with Crippen LogP contribution in [0.1, 0.15) is 5.56 Å². The maximum Gasteiger partial charge on any atom is 0.255 e. The lowest BCUT2D eigenvalue weighted by molar-refractivity contribution is -0.119. The summed E-state index contributed by atoms with van der Waals surface area (Å²) in [5.41, 5.74) is 6.55. The van der Waals surface area contributed by atoms with Gasteiger partial charge in [0.15, 0.2) is 6.61 Å². The van der Waals surface area contributed by atoms with E-state index in [2.05, 4.69) is 5.32 Å². The Kier molecular flexibility index (Phi) is 4.90. The van der Waals surface area contributed by atoms with Crippen LogP contribution in [0.2, 0.25) is 5.02 Å². The van der Waals surface area contributed by atoms with Gasteiger partial charge in [0.05, 0.1) is 0 Å². The van der Waals surface area contributed by atoms with Gasteiger partial charge >= 0.3 is 0 Å². The molecular formula is C15H15ClN2O3. The molecule has 0 radical (unpaired) electrons. The first-order valence-corrected chi connectivity index (χ1v) is 6.65. The van der Waals surface area contributed by atoms with E-state index in [4.69, 9.17) is 22.1 Å². The monoisotopic (exact) mass is 306 g/mol. The number of nitrogens with two attached hydrogens (primary N) is 1. The molecule has 0 spiro atoms. The zero-order chi connectivity index (χ0) is 15.2. The first kappa shape index (κ1) is 15.0. The van der Waals surface area contributed by atoms with E-state index in [1.165, 1.54) is 0 Å². The molecule has 0 aliphatic heterocycles. The molecule has 1 amide bonds. The fourth-order valence-corrected chi connectivity index (χ4v) is 1.91. The summed E-state index contributed by atoms with van der Waals surface area (Å²) in [5, 5.41) is 13.4. The number of carbonyl (C=O) groups is 1. The van der Waals surface area contributed by atoms with Crippen LogP contribution >= 0.6 is 11.6 Å². The number of hydrogen-bond acceptors (Lipinski definition) is 4. The van der Waals surface area contributed by atoms with Crippen LogP contribution in [-0.4, -0.2) is 17.6 Å². The summed E-state index contributed by atoms with van der Waals surface area (Å²) in [6.45, 7) is 0.289. The normalized spacial score (nSPS) is 10.1. The molecule has 0 heterocycles. The predicted octanol–water partition coefficient (Wildman–Crippen LogP) is 2.52. The molecule has 0 saturated heterocycles. The fraction of sp³-hybridized carbons (Fsp3) is 0.133. The number of hydrogen-bond donors (Lipinski definition) is 3. The second-order valence-corrected chi connectivity index (χ2v) is 4.84. The van der Waals surface area contributed by atoms with E-state index in [1.54, 1.807) is 42.5 Å². The maximum absolute atomic E-state index is 10.6. The number of phenolic OH excluding ortho intramolecular Hbond substituents is 1. The highest BCUT2D eigenvalue weighted by Gasteiger charge is 2.03. The molecule has 0 aliphatic carbocycles. The highest BCUT2D eigenvalue weighted by Crippen LogP contribution is 2.23. The molecule has 0 saturated carbocycles. The van der Waals surface area contributed by atoms with Gasteiger partial charge in [0.25, 0.3) is 5.91 Å². The third kappa shape index (κ3) is 4.57. The van der Waals surface area contributed by atoms with Gasteiger partial charge < -0.3 is 20.9 Å². The van der Waals surface area contributed by atoms with Crippen LogP contribution in [-0.2, 0) is 11.3 Å². The summed E-state index contributed by atoms with van der Waals surface area (Å²) in [5.74, 6) is 0.229. The van der Waals surface area contributed by atoms with Gasteiger partial charge in [-0.05, 0) is 42.5 Å². The first-order valence-electron chi connectivity index (χ1n) is 6.27. The maximum atomic E-state index is 10.6. The van der Waals surface area contributed by atoms with Gasteiger partial charge in [0.2, 0.25) is 0 Å². The third-order valence-electron chi connectivity index (χ3n) is 2.76. The van der Waals surface area contributed by atoms with Gasteiger partial charge in [-0.25, -0.2) is 0 Å². The van der Waals surface area contributed by atoms with Crippen molar-refractivity contribution in [2.45, 2.75) is 6.54 Å². The zero-order valence-electron chi connectivity index (χ0n) is 11.2. The SMILES string of the molecule is NC(=O)COc1ccc(NCc2cc(Cl)ccc2O)cc1. The summed E-state index contributed by atoms with van der Waals surface area (Å²) < 4.78 is 5.16. The Morgan fingerprint density at radius 3 is 2.62 bits per heavy atom. The second-order valence-electron chi connectivity index (χ2n) is 4.41. The summed E-state index contributed by atoms with van der Waals surface area (Å²) in [6.07, 6.45) is 0. The van der Waals surface area contributed by atoms with E-state index < -0.39 is 5.91 Å². The minimum atomic E-state index is -0.520. The quantitative estimate of drug-likeness (QED) is 0.765. The fourth-order valence-electron chi connectivity index (χ4n) is 1.72. The largest absolute Gasteiger partial charge is 0.508 e. The molecule has 21 heavy (non-hydrogen) atoms. The summed E-state index contributed by atoms with van der Waals surface area (Å²) >= 11 is 5.89. The molecule has 0 aliphatic rings. The standard InChI is InChI=1S/C15H15ClN2O3/c16-11-1-6-14(19)10(7-11)8-18-12-2-4-13(5-3-12)21-9-15(17)20/h1-7,18-19H,8-9H2,(H2,17,20). The van der Waals surface area contributed by atoms with Gasteiger partial charge in [-0.3, -0.25) is 4.79 Å². The number of halogens is 1. The van der Waals surface area contributed by atoms with Crippen LogP contribution in [0.5, 0.6) is 11.5 Å². The Balaban J connectivity index is 1.94. The minimum Gasteiger partial charge on any atom is -0.508 e. The Bertz CT molecular complexity index is 629. The summed E-state index contributed by atoms with van der Waals surface area (Å²) in [6, 6.07) is 11.9. The Morgan fingerprint density at radius 2 is 1.95 bits per heavy atom. The zero-order valence-corrected chi connectivity index (χ0v) is 11.9. The van der Waals surface area contributed by atoms with Gasteiger partial charge in [-0.1, -0.05) is 11.6 Å². The number of primary amides is 1. The summed E-state index contributed by atoms with van der Waals surface area (Å²) in [7, 11) is 0. The molecule has 2 aromatic rings. The molecule has 4 N–H and O–H groups in total. The van der Waals surface area contributed by atoms with Gasteiger partial charge in [0, 0.05) is 22.8 Å². The van der Waals surface area contributed by atoms with Crippen molar-refractivity contribution in [3.8, 4) is 11.5 Å². The predicted molar refractivity (Wildman–Crippen MR) is 81.6 cm³/mol. The van der Waals surface area contributed by atoms with Crippen molar-refractivity contribution in [1.82, 2.24) is 0 Å². The number of phenols is 1. The molecule has 0 atom stereocenters. The highest BCUT2D eigenvalue weighted by molar-refractivity contribution is 6.30. The third-order valence-corrected chi connectivity index (χ3v) is 3.00. The van der Waals surface area contributed by atoms with Crippen LogP contribution in [0.3, 0.4) is 0 Å². The van der Waals surface area contributed by atoms with E-state index in [0.717, 1.165) is 5.69 Å². The molecule has 2 rings (SSSR count). The van der Waals surface area contributed by atoms with Crippen molar-refractivity contribution in [2.24, 2.45) is 5.73 Å². The van der Waals surface area contributed by atoms with Crippen molar-refractivity contribution in [2.75, 3.05) is 11.9 Å². The van der Waals surface area contributed by atoms with Crippen LogP contribution in [0, 0.1) is 0 Å². The van der Waals surface area contributed by atoms with E-state index in [1.807, 2.05) is 0 Å². The van der Waals surface area contributed by atoms with Crippen LogP contribution < -0.4 is 15.8 Å². The lowest BCUT2D eigenvalue weighted by atomic mass is 10.2. The van der Waals surface area contributed by atoms with Crippen LogP contribution in [0.4, 0.5) is 5.69 Å². The Hall–Kier alpha value is -2.40. The topological polar surface area (TPSA) is 84.6 Å². The van der Waals surface area contributed by atoms with Crippen molar-refractivity contribution in [3.05, 3.63) is 53.1 Å². The Morgan fingerprint density at radius 1 is 1.24 bits per heavy atom. The van der Waals surface area contributed by atoms with Crippen molar-refractivity contribution in [1.29, 1.82) is 0 Å². The molecule has 5 nitrogen and oxygen atoms in total. The summed E-state index contributed by atoms with van der Waals surface area (Å²) in [4.78, 5) is 10.6. The van der Waals surface area contributed by atoms with Crippen LogP contribution in [0.15, 0.2) is 42.5 Å². The number of amides is 1. The molecular weight excluding hydrogens is 292 g/mol. The number of anilines is 1. The van der Waals surface area contributed by atoms with E-state index in [0.29, 0.717) is 22.9 Å². The average molecular weight is 307 g/mol. The van der Waals surface area contributed by atoms with Gasteiger partial charge in [-0.15, -0.1) is 0 Å². The number of benzene rings is 2. The first-order chi connectivity index (χ1) is 10.0. The Labute approximate surface area is 127 Å². The molecule has 0 unspecified atom stereocenters. The molecule has 2 aromatic carbocycles. The lowest BCUT2D eigenvalue weighted by Gasteiger charge is -2.09. The average Bonchev–Trinajstić information content (AvgIpc) is 2.47. The minimum absolute atomic E-state index is 0.150. The highest BCUT2D eigenvalue weighted by atomic mass is 35.5. The molecule has 110 valence electrons. The molecule has 0 fully saturated rings. The molecule has 0 bridgehead atoms. The number of rotatable bonds is 6. The number of aromatic hydroxyl groups is 1. The molecule has 6 heteroatoms. The van der Waals surface area contributed by atoms with E-state index in [9.17, 15) is 9.90 Å². The number of carbonyl (C=O) groups excluding carboxylic acids is 1. The number of nitrogens with one attached hydrogen (secondary N) is 1. The van der Waals surface area contributed by atoms with E-state index in [-0.39, 0.29) is 12.4 Å². The second kappa shape index (κ2) is 6.85. The van der Waals surface area contributed by atoms with Crippen molar-refractivity contribution < 1.29 is 14.6 Å². The smallest absolute Gasteiger partial charge is 0.255 e. The van der Waals surface area contributed by atoms with Gasteiger partial charge in [-0.2, -0.15) is 0 Å².